The van der Waals surface area contributed by atoms with Gasteiger partial charge >= 0.3 is 0 Å². The number of rotatable bonds is 1. The average Bonchev–Trinajstić information content (AvgIpc) is 3.41. The third kappa shape index (κ3) is 2.87. The molecule has 6 rings (SSSR count). The molecular weight excluding hydrogens is 437 g/mol. The van der Waals surface area contributed by atoms with Crippen molar-refractivity contribution in [2.75, 3.05) is 0 Å². The standard InChI is InChI=1S/C26H22N2S3/c1-13-14(2)30-20-11-21-18(10-17(13)20)23-25(31-21)22(27-12-28-23)16-8-15-6-7-29-24(15)19(9-16)26(3,4)5/h6-12H,1-5H3. The zero-order valence-electron chi connectivity index (χ0n) is 18.2. The Balaban J connectivity index is 1.67. The molecule has 0 spiro atoms. The van der Waals surface area contributed by atoms with Gasteiger partial charge in [0, 0.05) is 29.9 Å². The molecule has 4 heterocycles. The highest BCUT2D eigenvalue weighted by Crippen LogP contribution is 2.43. The minimum atomic E-state index is 0.0746. The van der Waals surface area contributed by atoms with E-state index in [2.05, 4.69) is 70.3 Å². The van der Waals surface area contributed by atoms with Crippen molar-refractivity contribution in [3.8, 4) is 11.3 Å². The van der Waals surface area contributed by atoms with Gasteiger partial charge in [0.25, 0.3) is 0 Å². The van der Waals surface area contributed by atoms with Crippen molar-refractivity contribution in [3.63, 3.8) is 0 Å². The molecule has 154 valence electrons. The fourth-order valence-electron chi connectivity index (χ4n) is 4.39. The Morgan fingerprint density at radius 1 is 0.839 bits per heavy atom. The molecule has 0 atom stereocenters. The van der Waals surface area contributed by atoms with E-state index in [4.69, 9.17) is 9.97 Å². The van der Waals surface area contributed by atoms with E-state index in [9.17, 15) is 0 Å². The van der Waals surface area contributed by atoms with Crippen LogP contribution in [-0.2, 0) is 5.41 Å². The van der Waals surface area contributed by atoms with Gasteiger partial charge in [-0.3, -0.25) is 0 Å². The number of aromatic nitrogens is 2. The zero-order chi connectivity index (χ0) is 21.5. The fraction of sp³-hybridized carbons (Fsp3) is 0.231. The largest absolute Gasteiger partial charge is 0.235 e. The van der Waals surface area contributed by atoms with Crippen LogP contribution in [0.15, 0.2) is 42.0 Å². The molecule has 0 bridgehead atoms. The molecule has 0 N–H and O–H groups in total. The van der Waals surface area contributed by atoms with E-state index < -0.39 is 0 Å². The highest BCUT2D eigenvalue weighted by atomic mass is 32.1. The summed E-state index contributed by atoms with van der Waals surface area (Å²) in [4.78, 5) is 10.9. The maximum Gasteiger partial charge on any atom is 0.116 e. The van der Waals surface area contributed by atoms with Crippen molar-refractivity contribution in [1.29, 1.82) is 0 Å². The van der Waals surface area contributed by atoms with Crippen LogP contribution in [0.1, 0.15) is 36.8 Å². The van der Waals surface area contributed by atoms with Gasteiger partial charge < -0.3 is 0 Å². The first-order valence-corrected chi connectivity index (χ1v) is 12.9. The summed E-state index contributed by atoms with van der Waals surface area (Å²) in [5.74, 6) is 0. The molecule has 0 unspecified atom stereocenters. The normalized spacial score (nSPS) is 12.7. The van der Waals surface area contributed by atoms with Crippen molar-refractivity contribution in [3.05, 3.63) is 58.0 Å². The molecule has 0 aliphatic heterocycles. The van der Waals surface area contributed by atoms with E-state index in [0.717, 1.165) is 11.2 Å². The fourth-order valence-corrected chi connectivity index (χ4v) is 7.85. The van der Waals surface area contributed by atoms with E-state index in [-0.39, 0.29) is 5.41 Å². The molecule has 0 saturated heterocycles. The van der Waals surface area contributed by atoms with Crippen LogP contribution in [0.25, 0.3) is 51.7 Å². The highest BCUT2D eigenvalue weighted by Gasteiger charge is 2.21. The lowest BCUT2D eigenvalue weighted by Gasteiger charge is -2.21. The van der Waals surface area contributed by atoms with Crippen molar-refractivity contribution in [1.82, 2.24) is 9.97 Å². The summed E-state index contributed by atoms with van der Waals surface area (Å²) < 4.78 is 5.21. The van der Waals surface area contributed by atoms with Crippen molar-refractivity contribution >= 4 is 74.5 Å². The maximum absolute atomic E-state index is 4.78. The Bertz CT molecular complexity index is 1640. The molecule has 0 aliphatic rings. The summed E-state index contributed by atoms with van der Waals surface area (Å²) in [5, 5.41) is 6.08. The van der Waals surface area contributed by atoms with Crippen LogP contribution in [0.2, 0.25) is 0 Å². The summed E-state index contributed by atoms with van der Waals surface area (Å²) in [6, 6.07) is 11.5. The Hall–Kier alpha value is -2.34. The van der Waals surface area contributed by atoms with E-state index in [1.807, 2.05) is 34.0 Å². The first-order chi connectivity index (χ1) is 14.8. The van der Waals surface area contributed by atoms with Gasteiger partial charge in [0.15, 0.2) is 0 Å². The number of hydrogen-bond donors (Lipinski definition) is 0. The average molecular weight is 459 g/mol. The van der Waals surface area contributed by atoms with Crippen molar-refractivity contribution in [2.24, 2.45) is 0 Å². The maximum atomic E-state index is 4.78. The molecule has 4 aromatic heterocycles. The summed E-state index contributed by atoms with van der Waals surface area (Å²) in [5.41, 5.74) is 6.14. The molecule has 2 aromatic carbocycles. The Labute approximate surface area is 193 Å². The molecule has 0 saturated carbocycles. The minimum Gasteiger partial charge on any atom is -0.235 e. The summed E-state index contributed by atoms with van der Waals surface area (Å²) in [6.45, 7) is 11.3. The van der Waals surface area contributed by atoms with Crippen LogP contribution in [0.5, 0.6) is 0 Å². The SMILES string of the molecule is Cc1sc2cc3sc4c(-c5cc(C(C)(C)C)c6sccc6c5)ncnc4c3cc2c1C. The van der Waals surface area contributed by atoms with Gasteiger partial charge in [-0.25, -0.2) is 9.97 Å². The second kappa shape index (κ2) is 6.58. The zero-order valence-corrected chi connectivity index (χ0v) is 20.6. The molecule has 5 heteroatoms. The van der Waals surface area contributed by atoms with E-state index >= 15 is 0 Å². The number of hydrogen-bond acceptors (Lipinski definition) is 5. The topological polar surface area (TPSA) is 25.8 Å². The molecule has 31 heavy (non-hydrogen) atoms. The van der Waals surface area contributed by atoms with E-state index in [0.29, 0.717) is 0 Å². The number of nitrogens with zero attached hydrogens (tertiary/aromatic N) is 2. The smallest absolute Gasteiger partial charge is 0.116 e. The lowest BCUT2D eigenvalue weighted by molar-refractivity contribution is 0.597. The second-order valence-electron chi connectivity index (χ2n) is 9.24. The molecule has 0 aliphatic carbocycles. The van der Waals surface area contributed by atoms with Gasteiger partial charge in [-0.1, -0.05) is 20.8 Å². The first-order valence-electron chi connectivity index (χ1n) is 10.4. The predicted molar refractivity (Wildman–Crippen MR) is 139 cm³/mol. The Morgan fingerprint density at radius 2 is 1.65 bits per heavy atom. The van der Waals surface area contributed by atoms with E-state index in [1.165, 1.54) is 56.5 Å². The molecule has 2 nitrogen and oxygen atoms in total. The highest BCUT2D eigenvalue weighted by molar-refractivity contribution is 7.27. The molecule has 0 amide bonds. The first kappa shape index (κ1) is 19.4. The van der Waals surface area contributed by atoms with Crippen LogP contribution in [-0.4, -0.2) is 9.97 Å². The number of benzene rings is 2. The van der Waals surface area contributed by atoms with Gasteiger partial charge in [0.1, 0.15) is 6.33 Å². The van der Waals surface area contributed by atoms with E-state index in [1.54, 1.807) is 6.33 Å². The Kier molecular flexibility index (Phi) is 4.11. The van der Waals surface area contributed by atoms with Crippen LogP contribution < -0.4 is 0 Å². The van der Waals surface area contributed by atoms with Gasteiger partial charge in [0.05, 0.1) is 15.9 Å². The second-order valence-corrected chi connectivity index (χ2v) is 12.5. The number of aryl methyl sites for hydroxylation is 2. The minimum absolute atomic E-state index is 0.0746. The van der Waals surface area contributed by atoms with Crippen LogP contribution in [0.3, 0.4) is 0 Å². The third-order valence-electron chi connectivity index (χ3n) is 6.18. The van der Waals surface area contributed by atoms with Gasteiger partial charge in [0.2, 0.25) is 0 Å². The van der Waals surface area contributed by atoms with Gasteiger partial charge in [-0.15, -0.1) is 34.0 Å². The predicted octanol–water partition coefficient (Wildman–Crippen LogP) is 8.86. The van der Waals surface area contributed by atoms with Gasteiger partial charge in [-0.05, 0) is 76.9 Å². The third-order valence-corrected chi connectivity index (χ3v) is 9.46. The van der Waals surface area contributed by atoms with Gasteiger partial charge in [-0.2, -0.15) is 0 Å². The number of fused-ring (bicyclic) bond motifs is 5. The summed E-state index contributed by atoms with van der Waals surface area (Å²) in [6.07, 6.45) is 1.73. The quantitative estimate of drug-likeness (QED) is 0.246. The summed E-state index contributed by atoms with van der Waals surface area (Å²) >= 11 is 5.53. The van der Waals surface area contributed by atoms with Crippen LogP contribution >= 0.6 is 34.0 Å². The summed E-state index contributed by atoms with van der Waals surface area (Å²) in [7, 11) is 0. The molecule has 6 aromatic rings. The van der Waals surface area contributed by atoms with Crippen LogP contribution in [0, 0.1) is 13.8 Å². The monoisotopic (exact) mass is 458 g/mol. The molecule has 0 fully saturated rings. The number of thiophene rings is 3. The van der Waals surface area contributed by atoms with Crippen molar-refractivity contribution in [2.45, 2.75) is 40.0 Å². The van der Waals surface area contributed by atoms with Crippen molar-refractivity contribution < 1.29 is 0 Å². The Morgan fingerprint density at radius 3 is 2.45 bits per heavy atom. The lowest BCUT2D eigenvalue weighted by atomic mass is 9.85. The van der Waals surface area contributed by atoms with Crippen LogP contribution in [0.4, 0.5) is 0 Å². The lowest BCUT2D eigenvalue weighted by Crippen LogP contribution is -2.11. The molecular formula is C26H22N2S3. The molecule has 0 radical (unpaired) electrons.